The molecular weight excluding hydrogens is 376 g/mol. The Kier molecular flexibility index (Phi) is 6.80. The average Bonchev–Trinajstić information content (AvgIpc) is 3.16. The van der Waals surface area contributed by atoms with Crippen LogP contribution in [0, 0.1) is 5.92 Å². The topological polar surface area (TPSA) is 51.1 Å². The van der Waals surface area contributed by atoms with Crippen LogP contribution in [-0.4, -0.2) is 49.4 Å². The Morgan fingerprint density at radius 2 is 1.93 bits per heavy atom. The Labute approximate surface area is 178 Å². The van der Waals surface area contributed by atoms with Crippen LogP contribution < -0.4 is 0 Å². The molecule has 0 N–H and O–H groups in total. The fraction of sp³-hybridized carbons (Fsp3) is 0.440. The first-order valence-corrected chi connectivity index (χ1v) is 11.0. The van der Waals surface area contributed by atoms with Crippen molar-refractivity contribution in [2.45, 2.75) is 32.1 Å². The highest BCUT2D eigenvalue weighted by molar-refractivity contribution is 6.05. The molecule has 0 radical (unpaired) electrons. The summed E-state index contributed by atoms with van der Waals surface area (Å²) in [5, 5.41) is 4.51. The fourth-order valence-corrected chi connectivity index (χ4v) is 4.55. The number of hydrogen-bond donors (Lipinski definition) is 0. The second-order valence-corrected chi connectivity index (χ2v) is 8.02. The zero-order valence-corrected chi connectivity index (χ0v) is 17.6. The number of esters is 1. The summed E-state index contributed by atoms with van der Waals surface area (Å²) in [6.07, 6.45) is 2.79. The molecule has 0 bridgehead atoms. The van der Waals surface area contributed by atoms with Crippen molar-refractivity contribution < 1.29 is 14.4 Å². The number of fused-ring (bicyclic) bond motifs is 1. The molecule has 30 heavy (non-hydrogen) atoms. The number of likely N-dealkylation sites (tertiary alicyclic amines) is 1. The zero-order chi connectivity index (χ0) is 20.8. The molecular formula is C25H30N2O3. The molecule has 2 atom stereocenters. The van der Waals surface area contributed by atoms with E-state index in [9.17, 15) is 4.79 Å². The summed E-state index contributed by atoms with van der Waals surface area (Å²) in [4.78, 5) is 20.0. The van der Waals surface area contributed by atoms with Crippen molar-refractivity contribution in [3.63, 3.8) is 0 Å². The van der Waals surface area contributed by atoms with Crippen LogP contribution in [0.25, 0.3) is 0 Å². The maximum atomic E-state index is 12.0. The smallest absolute Gasteiger partial charge is 0.310 e. The molecule has 4 rings (SSSR count). The standard InChI is InChI=1S/C25H30N2O3/c1-2-29-25(28)20-11-8-14-27(18-20)15-16-30-26-24-17-23(19-9-4-3-5-10-19)21-12-6-7-13-22(21)24/h3-7,9-10,12-13,20,23H,2,8,11,14-18H2,1H3/b26-24-/t20-,23?/m1/s1. The van der Waals surface area contributed by atoms with Gasteiger partial charge in [0, 0.05) is 31.0 Å². The minimum Gasteiger partial charge on any atom is -0.466 e. The van der Waals surface area contributed by atoms with Crippen molar-refractivity contribution in [1.82, 2.24) is 4.90 Å². The highest BCUT2D eigenvalue weighted by Crippen LogP contribution is 2.38. The Hall–Kier alpha value is -2.66. The lowest BCUT2D eigenvalue weighted by Crippen LogP contribution is -2.40. The Balaban J connectivity index is 1.34. The molecule has 0 amide bonds. The number of benzene rings is 2. The second-order valence-electron chi connectivity index (χ2n) is 8.02. The van der Waals surface area contributed by atoms with Crippen molar-refractivity contribution in [2.24, 2.45) is 11.1 Å². The molecule has 0 aromatic heterocycles. The van der Waals surface area contributed by atoms with E-state index >= 15 is 0 Å². The van der Waals surface area contributed by atoms with Gasteiger partial charge in [0.2, 0.25) is 0 Å². The maximum absolute atomic E-state index is 12.0. The van der Waals surface area contributed by atoms with Crippen molar-refractivity contribution in [2.75, 3.05) is 32.8 Å². The molecule has 2 aromatic carbocycles. The van der Waals surface area contributed by atoms with Crippen molar-refractivity contribution in [1.29, 1.82) is 0 Å². The van der Waals surface area contributed by atoms with Crippen LogP contribution in [0.2, 0.25) is 0 Å². The number of carbonyl (C=O) groups is 1. The molecule has 1 unspecified atom stereocenters. The molecule has 1 saturated heterocycles. The Bertz CT molecular complexity index is 881. The first-order valence-electron chi connectivity index (χ1n) is 11.0. The summed E-state index contributed by atoms with van der Waals surface area (Å²) in [5.41, 5.74) is 4.84. The van der Waals surface area contributed by atoms with Gasteiger partial charge < -0.3 is 9.57 Å². The van der Waals surface area contributed by atoms with Crippen LogP contribution in [0.5, 0.6) is 0 Å². The van der Waals surface area contributed by atoms with Crippen LogP contribution in [0.3, 0.4) is 0 Å². The molecule has 2 aliphatic rings. The monoisotopic (exact) mass is 406 g/mol. The number of ether oxygens (including phenoxy) is 1. The van der Waals surface area contributed by atoms with Crippen LogP contribution in [-0.2, 0) is 14.4 Å². The van der Waals surface area contributed by atoms with E-state index in [1.807, 2.05) is 6.92 Å². The fourth-order valence-electron chi connectivity index (χ4n) is 4.55. The Morgan fingerprint density at radius 3 is 2.77 bits per heavy atom. The van der Waals surface area contributed by atoms with Crippen molar-refractivity contribution in [3.8, 4) is 0 Å². The SMILES string of the molecule is CCOC(=O)[C@@H]1CCCN(CCO/N=C2/CC(c3ccccc3)c3ccccc32)C1. The van der Waals surface area contributed by atoms with E-state index in [2.05, 4.69) is 64.7 Å². The van der Waals surface area contributed by atoms with E-state index in [1.165, 1.54) is 16.7 Å². The second kappa shape index (κ2) is 9.90. The lowest BCUT2D eigenvalue weighted by molar-refractivity contribution is -0.150. The summed E-state index contributed by atoms with van der Waals surface area (Å²) < 4.78 is 5.18. The molecule has 1 aliphatic heterocycles. The van der Waals surface area contributed by atoms with Gasteiger partial charge in [-0.25, -0.2) is 0 Å². The first-order chi connectivity index (χ1) is 14.8. The van der Waals surface area contributed by atoms with Gasteiger partial charge in [-0.15, -0.1) is 0 Å². The van der Waals surface area contributed by atoms with E-state index in [1.54, 1.807) is 0 Å². The van der Waals surface area contributed by atoms with E-state index in [0.717, 1.165) is 44.6 Å². The average molecular weight is 407 g/mol. The molecule has 5 nitrogen and oxygen atoms in total. The van der Waals surface area contributed by atoms with Gasteiger partial charge in [0.05, 0.1) is 18.2 Å². The third-order valence-electron chi connectivity index (χ3n) is 6.05. The zero-order valence-electron chi connectivity index (χ0n) is 17.6. The van der Waals surface area contributed by atoms with E-state index in [0.29, 0.717) is 19.1 Å². The van der Waals surface area contributed by atoms with Crippen molar-refractivity contribution >= 4 is 11.7 Å². The minimum absolute atomic E-state index is 0.0154. The van der Waals surface area contributed by atoms with Gasteiger partial charge in [0.15, 0.2) is 0 Å². The highest BCUT2D eigenvalue weighted by atomic mass is 16.6. The molecule has 5 heteroatoms. The van der Waals surface area contributed by atoms with Crippen LogP contribution >= 0.6 is 0 Å². The maximum Gasteiger partial charge on any atom is 0.310 e. The molecule has 1 fully saturated rings. The van der Waals surface area contributed by atoms with Gasteiger partial charge in [-0.3, -0.25) is 9.69 Å². The van der Waals surface area contributed by atoms with Gasteiger partial charge in [-0.05, 0) is 37.4 Å². The summed E-state index contributed by atoms with van der Waals surface area (Å²) in [5.74, 6) is 0.244. The first kappa shape index (κ1) is 20.6. The highest BCUT2D eigenvalue weighted by Gasteiger charge is 2.29. The van der Waals surface area contributed by atoms with Crippen LogP contribution in [0.4, 0.5) is 0 Å². The lowest BCUT2D eigenvalue weighted by Gasteiger charge is -2.30. The quantitative estimate of drug-likeness (QED) is 0.393. The van der Waals surface area contributed by atoms with Gasteiger partial charge in [0.1, 0.15) is 6.61 Å². The number of rotatable bonds is 7. The summed E-state index contributed by atoms with van der Waals surface area (Å²) in [7, 11) is 0. The van der Waals surface area contributed by atoms with Crippen LogP contribution in [0.15, 0.2) is 59.8 Å². The molecule has 2 aromatic rings. The number of oxime groups is 1. The lowest BCUT2D eigenvalue weighted by atomic mass is 9.93. The van der Waals surface area contributed by atoms with Crippen LogP contribution in [0.1, 0.15) is 48.8 Å². The summed E-state index contributed by atoms with van der Waals surface area (Å²) in [6, 6.07) is 19.1. The largest absolute Gasteiger partial charge is 0.466 e. The molecule has 0 saturated carbocycles. The predicted molar refractivity (Wildman–Crippen MR) is 118 cm³/mol. The molecule has 0 spiro atoms. The number of carbonyl (C=O) groups excluding carboxylic acids is 1. The molecule has 1 heterocycles. The third kappa shape index (κ3) is 4.73. The van der Waals surface area contributed by atoms with Crippen molar-refractivity contribution in [3.05, 3.63) is 71.3 Å². The molecule has 158 valence electrons. The number of hydrogen-bond acceptors (Lipinski definition) is 5. The molecule has 1 aliphatic carbocycles. The minimum atomic E-state index is -0.0714. The van der Waals surface area contributed by atoms with Gasteiger partial charge in [-0.1, -0.05) is 59.8 Å². The summed E-state index contributed by atoms with van der Waals surface area (Å²) in [6.45, 7) is 5.34. The predicted octanol–water partition coefficient (Wildman–Crippen LogP) is 4.22. The Morgan fingerprint density at radius 1 is 1.13 bits per heavy atom. The number of nitrogens with zero attached hydrogens (tertiary/aromatic N) is 2. The number of piperidine rings is 1. The van der Waals surface area contributed by atoms with Gasteiger partial charge in [-0.2, -0.15) is 0 Å². The summed E-state index contributed by atoms with van der Waals surface area (Å²) >= 11 is 0. The third-order valence-corrected chi connectivity index (χ3v) is 6.05. The van der Waals surface area contributed by atoms with E-state index in [4.69, 9.17) is 9.57 Å². The van der Waals surface area contributed by atoms with E-state index in [-0.39, 0.29) is 11.9 Å². The normalized spacial score (nSPS) is 22.6. The van der Waals surface area contributed by atoms with Gasteiger partial charge >= 0.3 is 5.97 Å². The van der Waals surface area contributed by atoms with E-state index < -0.39 is 0 Å². The van der Waals surface area contributed by atoms with Gasteiger partial charge in [0.25, 0.3) is 0 Å².